The lowest BCUT2D eigenvalue weighted by molar-refractivity contribution is -0.134. The molecule has 0 aromatic heterocycles. The summed E-state index contributed by atoms with van der Waals surface area (Å²) in [6.45, 7) is 4.84. The van der Waals surface area contributed by atoms with Gasteiger partial charge in [0, 0.05) is 30.8 Å². The minimum atomic E-state index is -0.295. The summed E-state index contributed by atoms with van der Waals surface area (Å²) in [6.07, 6.45) is 1.79. The number of nitriles is 1. The number of hydrogen-bond donors (Lipinski definition) is 0. The minimum Gasteiger partial charge on any atom is -0.302 e. The van der Waals surface area contributed by atoms with Gasteiger partial charge in [-0.3, -0.25) is 4.79 Å². The van der Waals surface area contributed by atoms with Crippen molar-refractivity contribution in [1.82, 2.24) is 4.90 Å². The highest BCUT2D eigenvalue weighted by atomic mass is 16.1. The van der Waals surface area contributed by atoms with Gasteiger partial charge in [-0.05, 0) is 20.4 Å². The molecule has 1 heterocycles. The van der Waals surface area contributed by atoms with Gasteiger partial charge in [0.25, 0.3) is 0 Å². The van der Waals surface area contributed by atoms with Gasteiger partial charge in [-0.1, -0.05) is 6.92 Å². The number of ketones is 1. The van der Waals surface area contributed by atoms with Crippen LogP contribution in [-0.2, 0) is 4.79 Å². The Labute approximate surface area is 85.7 Å². The largest absolute Gasteiger partial charge is 0.302 e. The zero-order valence-corrected chi connectivity index (χ0v) is 9.21. The minimum absolute atomic E-state index is 0.295. The fourth-order valence-electron chi connectivity index (χ4n) is 2.02. The van der Waals surface area contributed by atoms with Crippen molar-refractivity contribution in [2.75, 3.05) is 13.6 Å². The summed E-state index contributed by atoms with van der Waals surface area (Å²) in [4.78, 5) is 14.0. The zero-order valence-electron chi connectivity index (χ0n) is 9.21. The van der Waals surface area contributed by atoms with Gasteiger partial charge in [0.2, 0.25) is 0 Å². The Morgan fingerprint density at radius 1 is 1.71 bits per heavy atom. The number of carbonyl (C=O) groups is 1. The number of nitrogens with zero attached hydrogens (tertiary/aromatic N) is 2. The summed E-state index contributed by atoms with van der Waals surface area (Å²) < 4.78 is 0. The Morgan fingerprint density at radius 2 is 2.36 bits per heavy atom. The highest BCUT2D eigenvalue weighted by Gasteiger charge is 2.39. The molecule has 1 saturated heterocycles. The molecule has 1 fully saturated rings. The number of likely N-dealkylation sites (tertiary alicyclic amines) is 1. The average molecular weight is 194 g/mol. The summed E-state index contributed by atoms with van der Waals surface area (Å²) in [5, 5.41) is 8.54. The molecule has 3 heteroatoms. The van der Waals surface area contributed by atoms with Crippen LogP contribution in [0.2, 0.25) is 0 Å². The van der Waals surface area contributed by atoms with E-state index >= 15 is 0 Å². The number of carbonyl (C=O) groups excluding carboxylic acids is 1. The van der Waals surface area contributed by atoms with E-state index in [4.69, 9.17) is 5.26 Å². The normalized spacial score (nSPS) is 34.1. The molecule has 14 heavy (non-hydrogen) atoms. The molecule has 0 N–H and O–H groups in total. The molecule has 0 aromatic carbocycles. The van der Waals surface area contributed by atoms with Crippen molar-refractivity contribution in [1.29, 1.82) is 5.26 Å². The van der Waals surface area contributed by atoms with Gasteiger partial charge in [-0.15, -0.1) is 0 Å². The summed E-state index contributed by atoms with van der Waals surface area (Å²) in [5.41, 5.74) is -0.295. The lowest BCUT2D eigenvalue weighted by Crippen LogP contribution is -2.50. The molecular weight excluding hydrogens is 176 g/mol. The molecule has 78 valence electrons. The molecule has 0 saturated carbocycles. The first-order chi connectivity index (χ1) is 6.49. The molecule has 0 aliphatic carbocycles. The van der Waals surface area contributed by atoms with Crippen LogP contribution < -0.4 is 0 Å². The molecule has 2 atom stereocenters. The van der Waals surface area contributed by atoms with E-state index in [-0.39, 0.29) is 5.41 Å². The van der Waals surface area contributed by atoms with Crippen LogP contribution in [0.3, 0.4) is 0 Å². The SMILES string of the molecule is C[C@H]1CC(=O)[C@](C)(CCC#N)CN1C. The van der Waals surface area contributed by atoms with E-state index in [1.54, 1.807) is 0 Å². The molecule has 3 nitrogen and oxygen atoms in total. The number of hydrogen-bond acceptors (Lipinski definition) is 3. The highest BCUT2D eigenvalue weighted by Crippen LogP contribution is 2.32. The molecule has 0 unspecified atom stereocenters. The van der Waals surface area contributed by atoms with Gasteiger partial charge >= 0.3 is 0 Å². The van der Waals surface area contributed by atoms with Crippen LogP contribution >= 0.6 is 0 Å². The van der Waals surface area contributed by atoms with Crippen LogP contribution in [0.4, 0.5) is 0 Å². The maximum Gasteiger partial charge on any atom is 0.141 e. The van der Waals surface area contributed by atoms with E-state index in [9.17, 15) is 4.79 Å². The van der Waals surface area contributed by atoms with Gasteiger partial charge < -0.3 is 4.90 Å². The second-order valence-electron chi connectivity index (χ2n) is 4.61. The third-order valence-corrected chi connectivity index (χ3v) is 3.29. The van der Waals surface area contributed by atoms with Crippen molar-refractivity contribution >= 4 is 5.78 Å². The predicted molar refractivity (Wildman–Crippen MR) is 54.7 cm³/mol. The van der Waals surface area contributed by atoms with Gasteiger partial charge in [-0.2, -0.15) is 5.26 Å². The Hall–Kier alpha value is -0.880. The van der Waals surface area contributed by atoms with E-state index in [0.29, 0.717) is 31.1 Å². The molecule has 1 aliphatic rings. The van der Waals surface area contributed by atoms with Gasteiger partial charge in [-0.25, -0.2) is 0 Å². The Kier molecular flexibility index (Phi) is 3.28. The van der Waals surface area contributed by atoms with Crippen molar-refractivity contribution in [3.8, 4) is 6.07 Å². The van der Waals surface area contributed by atoms with Crippen LogP contribution in [-0.4, -0.2) is 30.3 Å². The number of Topliss-reactive ketones (excluding diaryl/α,β-unsaturated/α-hetero) is 1. The summed E-state index contributed by atoms with van der Waals surface area (Å²) >= 11 is 0. The maximum absolute atomic E-state index is 11.8. The molecule has 1 aliphatic heterocycles. The fraction of sp³-hybridized carbons (Fsp3) is 0.818. The van der Waals surface area contributed by atoms with Crippen LogP contribution in [0.5, 0.6) is 0 Å². The van der Waals surface area contributed by atoms with Crippen LogP contribution in [0, 0.1) is 16.7 Å². The highest BCUT2D eigenvalue weighted by molar-refractivity contribution is 5.86. The first-order valence-corrected chi connectivity index (χ1v) is 5.10. The standard InChI is InChI=1S/C11H18N2O/c1-9-7-10(14)11(2,5-4-6-12)8-13(9)3/h9H,4-5,7-8H2,1-3H3/t9-,11+/m0/s1. The maximum atomic E-state index is 11.8. The lowest BCUT2D eigenvalue weighted by atomic mass is 9.75. The number of piperidine rings is 1. The van der Waals surface area contributed by atoms with Gasteiger partial charge in [0.05, 0.1) is 6.07 Å². The van der Waals surface area contributed by atoms with Crippen LogP contribution in [0.25, 0.3) is 0 Å². The Morgan fingerprint density at radius 3 is 2.93 bits per heavy atom. The topological polar surface area (TPSA) is 44.1 Å². The van der Waals surface area contributed by atoms with E-state index in [2.05, 4.69) is 17.9 Å². The summed E-state index contributed by atoms with van der Waals surface area (Å²) in [5.74, 6) is 0.318. The van der Waals surface area contributed by atoms with E-state index in [1.807, 2.05) is 14.0 Å². The third-order valence-electron chi connectivity index (χ3n) is 3.29. The lowest BCUT2D eigenvalue weighted by Gasteiger charge is -2.40. The molecule has 0 spiro atoms. The second-order valence-corrected chi connectivity index (χ2v) is 4.61. The van der Waals surface area contributed by atoms with E-state index in [1.165, 1.54) is 0 Å². The smallest absolute Gasteiger partial charge is 0.141 e. The van der Waals surface area contributed by atoms with Crippen LogP contribution in [0.1, 0.15) is 33.1 Å². The van der Waals surface area contributed by atoms with E-state index in [0.717, 1.165) is 6.54 Å². The van der Waals surface area contributed by atoms with Crippen molar-refractivity contribution in [3.63, 3.8) is 0 Å². The zero-order chi connectivity index (χ0) is 10.8. The number of rotatable bonds is 2. The summed E-state index contributed by atoms with van der Waals surface area (Å²) in [6, 6.07) is 2.46. The fourth-order valence-corrected chi connectivity index (χ4v) is 2.02. The molecule has 0 aromatic rings. The first kappa shape index (κ1) is 11.2. The summed E-state index contributed by atoms with van der Waals surface area (Å²) in [7, 11) is 2.04. The molecular formula is C11H18N2O. The molecule has 0 radical (unpaired) electrons. The monoisotopic (exact) mass is 194 g/mol. The van der Waals surface area contributed by atoms with Crippen molar-refractivity contribution in [2.24, 2.45) is 5.41 Å². The molecule has 0 bridgehead atoms. The van der Waals surface area contributed by atoms with E-state index < -0.39 is 0 Å². The van der Waals surface area contributed by atoms with Crippen molar-refractivity contribution in [2.45, 2.75) is 39.2 Å². The van der Waals surface area contributed by atoms with Crippen molar-refractivity contribution in [3.05, 3.63) is 0 Å². The predicted octanol–water partition coefficient (Wildman–Crippen LogP) is 1.59. The quantitative estimate of drug-likeness (QED) is 0.670. The third kappa shape index (κ3) is 2.13. The first-order valence-electron chi connectivity index (χ1n) is 5.10. The van der Waals surface area contributed by atoms with Crippen molar-refractivity contribution < 1.29 is 4.79 Å². The van der Waals surface area contributed by atoms with Crippen LogP contribution in [0.15, 0.2) is 0 Å². The molecule has 1 rings (SSSR count). The second kappa shape index (κ2) is 4.10. The Balaban J connectivity index is 2.69. The average Bonchev–Trinajstić information content (AvgIpc) is 2.12. The van der Waals surface area contributed by atoms with Gasteiger partial charge in [0.15, 0.2) is 0 Å². The Bertz CT molecular complexity index is 269. The van der Waals surface area contributed by atoms with Gasteiger partial charge in [0.1, 0.15) is 5.78 Å². The molecule has 0 amide bonds.